The molecule has 0 fully saturated rings. The maximum absolute atomic E-state index is 11.9. The average molecular weight is 349 g/mol. The first-order valence-corrected chi connectivity index (χ1v) is 9.43. The quantitative estimate of drug-likeness (QED) is 0.849. The lowest BCUT2D eigenvalue weighted by atomic mass is 10.2. The molecule has 1 amide bonds. The fourth-order valence-corrected chi connectivity index (χ4v) is 4.19. The Labute approximate surface area is 138 Å². The highest BCUT2D eigenvalue weighted by molar-refractivity contribution is 7.90. The van der Waals surface area contributed by atoms with E-state index in [-0.39, 0.29) is 23.2 Å². The van der Waals surface area contributed by atoms with Crippen LogP contribution < -0.4 is 10.0 Å². The van der Waals surface area contributed by atoms with Gasteiger partial charge in [0.2, 0.25) is 5.91 Å². The molecule has 0 aliphatic carbocycles. The number of aliphatic imine (C=N–C) groups is 1. The zero-order valence-electron chi connectivity index (χ0n) is 12.2. The molecular weight excluding hydrogens is 334 g/mol. The summed E-state index contributed by atoms with van der Waals surface area (Å²) in [5, 5.41) is 6.80. The zero-order valence-corrected chi connectivity index (χ0v) is 13.8. The standard InChI is InChI=1S/C15H15N3O3S2/c19-14(16-7-5-11-6-8-22-10-11)9-17-15-12-3-1-2-4-13(12)23(20,21)18-15/h1-4,6,8,10H,5,7,9H2,(H,16,19)(H,17,18). The minimum Gasteiger partial charge on any atom is -0.354 e. The molecule has 0 spiro atoms. The smallest absolute Gasteiger partial charge is 0.263 e. The third-order valence-corrected chi connectivity index (χ3v) is 5.49. The van der Waals surface area contributed by atoms with E-state index in [1.165, 1.54) is 11.6 Å². The van der Waals surface area contributed by atoms with E-state index >= 15 is 0 Å². The van der Waals surface area contributed by atoms with Gasteiger partial charge in [0.1, 0.15) is 12.4 Å². The summed E-state index contributed by atoms with van der Waals surface area (Å²) in [6.07, 6.45) is 0.765. The molecule has 0 unspecified atom stereocenters. The molecule has 0 atom stereocenters. The molecule has 2 aromatic rings. The second kappa shape index (κ2) is 6.51. The molecule has 0 bridgehead atoms. The molecule has 1 aliphatic heterocycles. The van der Waals surface area contributed by atoms with Crippen LogP contribution in [0.4, 0.5) is 0 Å². The average Bonchev–Trinajstić information content (AvgIpc) is 3.12. The highest BCUT2D eigenvalue weighted by Crippen LogP contribution is 2.21. The summed E-state index contributed by atoms with van der Waals surface area (Å²) in [5.41, 5.74) is 1.68. The summed E-state index contributed by atoms with van der Waals surface area (Å²) in [7, 11) is -3.56. The maximum atomic E-state index is 11.9. The Hall–Kier alpha value is -2.19. The number of carbonyl (C=O) groups excluding carboxylic acids is 1. The topological polar surface area (TPSA) is 87.6 Å². The number of carbonyl (C=O) groups is 1. The van der Waals surface area contributed by atoms with Crippen LogP contribution >= 0.6 is 11.3 Å². The van der Waals surface area contributed by atoms with Crippen molar-refractivity contribution in [3.05, 3.63) is 52.2 Å². The van der Waals surface area contributed by atoms with E-state index in [1.807, 2.05) is 16.8 Å². The SMILES string of the molecule is O=C(CN=C1NS(=O)(=O)c2ccccc21)NCCc1ccsc1. The molecule has 0 saturated carbocycles. The minimum absolute atomic E-state index is 0.115. The van der Waals surface area contributed by atoms with Crippen LogP contribution in [0.3, 0.4) is 0 Å². The van der Waals surface area contributed by atoms with E-state index < -0.39 is 10.0 Å². The Morgan fingerprint density at radius 2 is 2.09 bits per heavy atom. The number of amides is 1. The first kappa shape index (κ1) is 15.7. The number of fused-ring (bicyclic) bond motifs is 1. The highest BCUT2D eigenvalue weighted by Gasteiger charge is 2.30. The maximum Gasteiger partial charge on any atom is 0.263 e. The van der Waals surface area contributed by atoms with Crippen LogP contribution in [-0.4, -0.2) is 33.3 Å². The van der Waals surface area contributed by atoms with Gasteiger partial charge in [-0.25, -0.2) is 8.42 Å². The van der Waals surface area contributed by atoms with E-state index in [0.29, 0.717) is 12.1 Å². The molecule has 0 radical (unpaired) electrons. The van der Waals surface area contributed by atoms with Crippen LogP contribution in [0.5, 0.6) is 0 Å². The lowest BCUT2D eigenvalue weighted by Crippen LogP contribution is -2.29. The number of hydrogen-bond donors (Lipinski definition) is 2. The first-order chi connectivity index (χ1) is 11.1. The molecule has 0 saturated heterocycles. The van der Waals surface area contributed by atoms with Crippen molar-refractivity contribution in [3.63, 3.8) is 0 Å². The Balaban J connectivity index is 1.59. The summed E-state index contributed by atoms with van der Waals surface area (Å²) in [4.78, 5) is 16.1. The second-order valence-corrected chi connectivity index (χ2v) is 7.43. The van der Waals surface area contributed by atoms with Crippen molar-refractivity contribution in [2.45, 2.75) is 11.3 Å². The monoisotopic (exact) mass is 349 g/mol. The molecule has 120 valence electrons. The number of amidine groups is 1. The van der Waals surface area contributed by atoms with Gasteiger partial charge in [0.05, 0.1) is 4.90 Å². The van der Waals surface area contributed by atoms with Crippen molar-refractivity contribution < 1.29 is 13.2 Å². The van der Waals surface area contributed by atoms with Gasteiger partial charge in [-0.2, -0.15) is 11.3 Å². The fraction of sp³-hybridized carbons (Fsp3) is 0.200. The van der Waals surface area contributed by atoms with Crippen LogP contribution in [0.1, 0.15) is 11.1 Å². The van der Waals surface area contributed by atoms with Crippen molar-refractivity contribution in [1.29, 1.82) is 0 Å². The van der Waals surface area contributed by atoms with Crippen molar-refractivity contribution >= 4 is 33.1 Å². The largest absolute Gasteiger partial charge is 0.354 e. The number of rotatable bonds is 5. The summed E-state index contributed by atoms with van der Waals surface area (Å²) in [5.74, 6) is -0.0232. The van der Waals surface area contributed by atoms with Crippen LogP contribution in [0, 0.1) is 0 Å². The van der Waals surface area contributed by atoms with Gasteiger partial charge in [0, 0.05) is 12.1 Å². The van der Waals surface area contributed by atoms with Crippen LogP contribution in [0.25, 0.3) is 0 Å². The lowest BCUT2D eigenvalue weighted by Gasteiger charge is -2.03. The molecule has 1 aromatic carbocycles. The van der Waals surface area contributed by atoms with Gasteiger partial charge in [0.25, 0.3) is 10.0 Å². The Kier molecular flexibility index (Phi) is 4.44. The molecule has 3 rings (SSSR count). The van der Waals surface area contributed by atoms with Gasteiger partial charge in [-0.3, -0.25) is 14.5 Å². The van der Waals surface area contributed by atoms with Crippen LogP contribution in [0.15, 0.2) is 51.0 Å². The van der Waals surface area contributed by atoms with Gasteiger partial charge in [-0.1, -0.05) is 12.1 Å². The molecule has 1 aromatic heterocycles. The number of benzene rings is 1. The number of sulfonamides is 1. The Morgan fingerprint density at radius 3 is 2.87 bits per heavy atom. The van der Waals surface area contributed by atoms with Gasteiger partial charge in [0.15, 0.2) is 0 Å². The van der Waals surface area contributed by atoms with Gasteiger partial charge in [-0.15, -0.1) is 0 Å². The van der Waals surface area contributed by atoms with E-state index in [9.17, 15) is 13.2 Å². The molecule has 1 aliphatic rings. The van der Waals surface area contributed by atoms with E-state index in [1.54, 1.807) is 29.5 Å². The van der Waals surface area contributed by atoms with E-state index in [4.69, 9.17) is 0 Å². The normalized spacial score (nSPS) is 16.8. The molecule has 23 heavy (non-hydrogen) atoms. The zero-order chi connectivity index (χ0) is 16.3. The number of hydrogen-bond acceptors (Lipinski definition) is 5. The van der Waals surface area contributed by atoms with Gasteiger partial charge >= 0.3 is 0 Å². The lowest BCUT2D eigenvalue weighted by molar-refractivity contribution is -0.119. The predicted molar refractivity (Wildman–Crippen MR) is 89.2 cm³/mol. The second-order valence-electron chi connectivity index (χ2n) is 5.00. The minimum atomic E-state index is -3.56. The fourth-order valence-electron chi connectivity index (χ4n) is 2.24. The third-order valence-electron chi connectivity index (χ3n) is 3.36. The van der Waals surface area contributed by atoms with Crippen molar-refractivity contribution in [1.82, 2.24) is 10.0 Å². The summed E-state index contributed by atoms with van der Waals surface area (Å²) in [6, 6.07) is 8.58. The molecule has 6 nitrogen and oxygen atoms in total. The van der Waals surface area contributed by atoms with Crippen molar-refractivity contribution in [2.24, 2.45) is 4.99 Å². The molecule has 8 heteroatoms. The summed E-state index contributed by atoms with van der Waals surface area (Å²) < 4.78 is 26.2. The molecule has 2 heterocycles. The van der Waals surface area contributed by atoms with Crippen molar-refractivity contribution in [2.75, 3.05) is 13.1 Å². The summed E-state index contributed by atoms with van der Waals surface area (Å²) in [6.45, 7) is 0.415. The molecule has 2 N–H and O–H groups in total. The Morgan fingerprint density at radius 1 is 1.26 bits per heavy atom. The Bertz CT molecular complexity index is 843. The number of nitrogens with one attached hydrogen (secondary N) is 2. The van der Waals surface area contributed by atoms with E-state index in [0.717, 1.165) is 6.42 Å². The van der Waals surface area contributed by atoms with Gasteiger partial charge in [-0.05, 0) is 40.9 Å². The number of thiophene rings is 1. The number of nitrogens with zero attached hydrogens (tertiary/aromatic N) is 1. The summed E-state index contributed by atoms with van der Waals surface area (Å²) >= 11 is 1.62. The third kappa shape index (κ3) is 3.59. The van der Waals surface area contributed by atoms with E-state index in [2.05, 4.69) is 15.0 Å². The van der Waals surface area contributed by atoms with Crippen LogP contribution in [0.2, 0.25) is 0 Å². The highest BCUT2D eigenvalue weighted by atomic mass is 32.2. The van der Waals surface area contributed by atoms with Gasteiger partial charge < -0.3 is 5.32 Å². The first-order valence-electron chi connectivity index (χ1n) is 7.01. The predicted octanol–water partition coefficient (Wildman–Crippen LogP) is 1.15. The molecular formula is C15H15N3O3S2. The van der Waals surface area contributed by atoms with Crippen molar-refractivity contribution in [3.8, 4) is 0 Å². The van der Waals surface area contributed by atoms with Crippen LogP contribution in [-0.2, 0) is 21.2 Å².